The van der Waals surface area contributed by atoms with Gasteiger partial charge in [0.1, 0.15) is 17.3 Å². The lowest BCUT2D eigenvalue weighted by molar-refractivity contribution is -0.130. The molecule has 2 saturated heterocycles. The monoisotopic (exact) mass is 536 g/mol. The van der Waals surface area contributed by atoms with Crippen LogP contribution >= 0.6 is 24.0 Å². The van der Waals surface area contributed by atoms with Gasteiger partial charge in [-0.2, -0.15) is 0 Å². The lowest BCUT2D eigenvalue weighted by Crippen LogP contribution is -2.51. The molecule has 7 nitrogen and oxygen atoms in total. The van der Waals surface area contributed by atoms with E-state index in [4.69, 9.17) is 0 Å². The molecule has 1 unspecified atom stereocenters. The molecular formula is C20H31F2IN6O. The number of halogens is 3. The normalized spacial score (nSPS) is 20.1. The largest absolute Gasteiger partial charge is 0.365 e. The molecule has 2 aliphatic heterocycles. The van der Waals surface area contributed by atoms with Crippen LogP contribution in [0.25, 0.3) is 0 Å². The Morgan fingerprint density at radius 2 is 1.83 bits per heavy atom. The summed E-state index contributed by atoms with van der Waals surface area (Å²) in [5, 5.41) is 6.65. The first kappa shape index (κ1) is 24.6. The number of benzene rings is 1. The molecule has 0 saturated carbocycles. The lowest BCUT2D eigenvalue weighted by atomic mass is 10.2. The van der Waals surface area contributed by atoms with Crippen molar-refractivity contribution in [2.45, 2.75) is 19.4 Å². The van der Waals surface area contributed by atoms with E-state index in [9.17, 15) is 13.6 Å². The van der Waals surface area contributed by atoms with Gasteiger partial charge in [0.15, 0.2) is 5.96 Å². The maximum Gasteiger partial charge on any atom is 0.219 e. The molecule has 1 atom stereocenters. The van der Waals surface area contributed by atoms with Gasteiger partial charge in [-0.15, -0.1) is 24.0 Å². The molecule has 0 aliphatic carbocycles. The van der Waals surface area contributed by atoms with Crippen molar-refractivity contribution in [3.05, 3.63) is 29.8 Å². The highest BCUT2D eigenvalue weighted by Gasteiger charge is 2.27. The van der Waals surface area contributed by atoms with E-state index in [0.717, 1.165) is 45.7 Å². The van der Waals surface area contributed by atoms with Gasteiger partial charge in [0.2, 0.25) is 5.91 Å². The molecule has 2 N–H and O–H groups in total. The Balaban J connectivity index is 0.00000320. The predicted molar refractivity (Wildman–Crippen MR) is 126 cm³/mol. The summed E-state index contributed by atoms with van der Waals surface area (Å²) in [5.41, 5.74) is 0.0458. The van der Waals surface area contributed by atoms with Crippen molar-refractivity contribution < 1.29 is 13.6 Å². The third kappa shape index (κ3) is 6.40. The Morgan fingerprint density at radius 1 is 1.17 bits per heavy atom. The first-order valence-electron chi connectivity index (χ1n) is 10.1. The molecule has 168 valence electrons. The number of guanidine groups is 1. The van der Waals surface area contributed by atoms with Crippen LogP contribution in [-0.4, -0.2) is 87.1 Å². The summed E-state index contributed by atoms with van der Waals surface area (Å²) in [4.78, 5) is 21.6. The summed E-state index contributed by atoms with van der Waals surface area (Å²) < 4.78 is 28.0. The molecule has 0 spiro atoms. The summed E-state index contributed by atoms with van der Waals surface area (Å²) in [6, 6.07) is 4.02. The Morgan fingerprint density at radius 3 is 2.43 bits per heavy atom. The Kier molecular flexibility index (Phi) is 9.53. The summed E-state index contributed by atoms with van der Waals surface area (Å²) >= 11 is 0. The van der Waals surface area contributed by atoms with Crippen molar-refractivity contribution in [2.24, 2.45) is 4.99 Å². The van der Waals surface area contributed by atoms with Crippen molar-refractivity contribution in [1.82, 2.24) is 20.4 Å². The topological polar surface area (TPSA) is 63.2 Å². The van der Waals surface area contributed by atoms with Gasteiger partial charge >= 0.3 is 0 Å². The number of aliphatic imine (C=N–C) groups is 1. The summed E-state index contributed by atoms with van der Waals surface area (Å²) in [6.45, 7) is 7.61. The fourth-order valence-corrected chi connectivity index (χ4v) is 3.88. The second-order valence-corrected chi connectivity index (χ2v) is 7.49. The van der Waals surface area contributed by atoms with Crippen LogP contribution in [0.15, 0.2) is 23.2 Å². The highest BCUT2D eigenvalue weighted by atomic mass is 127. The average Bonchev–Trinajstić information content (AvgIpc) is 3.15. The Bertz CT molecular complexity index is 722. The van der Waals surface area contributed by atoms with Crippen LogP contribution in [0.4, 0.5) is 14.5 Å². The summed E-state index contributed by atoms with van der Waals surface area (Å²) in [7, 11) is 1.71. The number of anilines is 1. The number of para-hydroxylation sites is 1. The number of amides is 1. The van der Waals surface area contributed by atoms with E-state index in [0.29, 0.717) is 19.0 Å². The highest BCUT2D eigenvalue weighted by molar-refractivity contribution is 14.0. The zero-order chi connectivity index (χ0) is 20.8. The van der Waals surface area contributed by atoms with Crippen LogP contribution in [0.5, 0.6) is 0 Å². The standard InChI is InChI=1S/C20H30F2N6O.HI/c1-15(29)27-12-10-26(11-13-27)9-7-24-20(23-2)25-16-6-8-28(14-16)19-17(21)4-3-5-18(19)22;/h3-5,16H,6-14H2,1-2H3,(H2,23,24,25);1H. The van der Waals surface area contributed by atoms with E-state index in [-0.39, 0.29) is 41.6 Å². The van der Waals surface area contributed by atoms with Crippen LogP contribution in [-0.2, 0) is 4.79 Å². The quantitative estimate of drug-likeness (QED) is 0.340. The fourth-order valence-electron chi connectivity index (χ4n) is 3.88. The second kappa shape index (κ2) is 11.6. The third-order valence-corrected chi connectivity index (χ3v) is 5.54. The van der Waals surface area contributed by atoms with E-state index < -0.39 is 11.6 Å². The zero-order valence-electron chi connectivity index (χ0n) is 17.5. The van der Waals surface area contributed by atoms with Gasteiger partial charge in [-0.05, 0) is 18.6 Å². The minimum absolute atomic E-state index is 0. The van der Waals surface area contributed by atoms with E-state index in [1.54, 1.807) is 18.9 Å². The lowest BCUT2D eigenvalue weighted by Gasteiger charge is -2.34. The first-order valence-corrected chi connectivity index (χ1v) is 10.1. The Labute approximate surface area is 193 Å². The smallest absolute Gasteiger partial charge is 0.219 e. The number of hydrogen-bond donors (Lipinski definition) is 2. The maximum atomic E-state index is 14.0. The van der Waals surface area contributed by atoms with E-state index in [1.165, 1.54) is 18.2 Å². The van der Waals surface area contributed by atoms with Gasteiger partial charge in [-0.3, -0.25) is 14.7 Å². The minimum atomic E-state index is -0.530. The predicted octanol–water partition coefficient (Wildman–Crippen LogP) is 1.49. The summed E-state index contributed by atoms with van der Waals surface area (Å²) in [6.07, 6.45) is 0.779. The maximum absolute atomic E-state index is 14.0. The molecule has 2 heterocycles. The molecule has 1 amide bonds. The van der Waals surface area contributed by atoms with Crippen LogP contribution in [0.3, 0.4) is 0 Å². The van der Waals surface area contributed by atoms with Crippen molar-refractivity contribution in [3.63, 3.8) is 0 Å². The number of piperazine rings is 1. The number of carbonyl (C=O) groups excluding carboxylic acids is 1. The van der Waals surface area contributed by atoms with Crippen LogP contribution in [0, 0.1) is 11.6 Å². The zero-order valence-corrected chi connectivity index (χ0v) is 19.9. The van der Waals surface area contributed by atoms with Crippen molar-refractivity contribution in [2.75, 3.05) is 64.3 Å². The number of rotatable bonds is 5. The molecule has 2 fully saturated rings. The van der Waals surface area contributed by atoms with Gasteiger partial charge in [0.05, 0.1) is 0 Å². The molecule has 0 aromatic heterocycles. The molecule has 30 heavy (non-hydrogen) atoms. The number of nitrogens with zero attached hydrogens (tertiary/aromatic N) is 4. The average molecular weight is 536 g/mol. The van der Waals surface area contributed by atoms with Crippen LogP contribution in [0.1, 0.15) is 13.3 Å². The third-order valence-electron chi connectivity index (χ3n) is 5.54. The van der Waals surface area contributed by atoms with Gasteiger partial charge in [0, 0.05) is 72.4 Å². The molecule has 3 rings (SSSR count). The van der Waals surface area contributed by atoms with Gasteiger partial charge in [-0.25, -0.2) is 8.78 Å². The number of nitrogens with one attached hydrogen (secondary N) is 2. The highest BCUT2D eigenvalue weighted by Crippen LogP contribution is 2.26. The van der Waals surface area contributed by atoms with E-state index >= 15 is 0 Å². The van der Waals surface area contributed by atoms with Crippen LogP contribution in [0.2, 0.25) is 0 Å². The summed E-state index contributed by atoms with van der Waals surface area (Å²) in [5.74, 6) is -0.238. The van der Waals surface area contributed by atoms with Crippen LogP contribution < -0.4 is 15.5 Å². The molecule has 0 radical (unpaired) electrons. The van der Waals surface area contributed by atoms with Crippen molar-refractivity contribution in [1.29, 1.82) is 0 Å². The van der Waals surface area contributed by atoms with E-state index in [2.05, 4.69) is 20.5 Å². The fraction of sp³-hybridized carbons (Fsp3) is 0.600. The molecular weight excluding hydrogens is 505 g/mol. The van der Waals surface area contributed by atoms with Gasteiger partial charge in [-0.1, -0.05) is 6.07 Å². The molecule has 0 bridgehead atoms. The Hall–Kier alpha value is -1.69. The minimum Gasteiger partial charge on any atom is -0.365 e. The number of carbonyl (C=O) groups is 1. The van der Waals surface area contributed by atoms with Crippen molar-refractivity contribution >= 4 is 41.5 Å². The molecule has 1 aromatic rings. The SMILES string of the molecule is CN=C(NCCN1CCN(C(C)=O)CC1)NC1CCN(c2c(F)cccc2F)C1.I. The molecule has 10 heteroatoms. The number of hydrogen-bond acceptors (Lipinski definition) is 4. The van der Waals surface area contributed by atoms with Gasteiger partial charge in [0.25, 0.3) is 0 Å². The van der Waals surface area contributed by atoms with E-state index in [1.807, 2.05) is 4.90 Å². The first-order chi connectivity index (χ1) is 14.0. The molecule has 1 aromatic carbocycles. The van der Waals surface area contributed by atoms with Crippen molar-refractivity contribution in [3.8, 4) is 0 Å². The second-order valence-electron chi connectivity index (χ2n) is 7.49. The van der Waals surface area contributed by atoms with Gasteiger partial charge < -0.3 is 20.4 Å². The molecule has 2 aliphatic rings.